The van der Waals surface area contributed by atoms with Gasteiger partial charge in [-0.2, -0.15) is 5.10 Å². The second kappa shape index (κ2) is 8.08. The lowest BCUT2D eigenvalue weighted by molar-refractivity contribution is 0.430. The first kappa shape index (κ1) is 21.8. The van der Waals surface area contributed by atoms with Crippen molar-refractivity contribution < 1.29 is 12.9 Å². The molecule has 0 saturated heterocycles. The van der Waals surface area contributed by atoms with Crippen LogP contribution in [0.15, 0.2) is 75.0 Å². The summed E-state index contributed by atoms with van der Waals surface area (Å²) in [4.78, 5) is 16.3. The van der Waals surface area contributed by atoms with Crippen molar-refractivity contribution in [3.8, 4) is 11.4 Å². The van der Waals surface area contributed by atoms with Crippen molar-refractivity contribution in [1.29, 1.82) is 0 Å². The third-order valence-electron chi connectivity index (χ3n) is 5.42. The number of nitrogens with one attached hydrogen (secondary N) is 2. The predicted octanol–water partition coefficient (Wildman–Crippen LogP) is 3.64. The van der Waals surface area contributed by atoms with E-state index in [0.29, 0.717) is 28.0 Å². The molecule has 0 amide bonds. The molecule has 0 aliphatic heterocycles. The van der Waals surface area contributed by atoms with Crippen molar-refractivity contribution in [2.45, 2.75) is 18.7 Å². The van der Waals surface area contributed by atoms with Gasteiger partial charge in [0, 0.05) is 5.56 Å². The van der Waals surface area contributed by atoms with Crippen molar-refractivity contribution in [1.82, 2.24) is 24.5 Å². The Bertz CT molecular complexity index is 1750. The van der Waals surface area contributed by atoms with E-state index in [1.165, 1.54) is 35.0 Å². The van der Waals surface area contributed by atoms with Crippen molar-refractivity contribution in [3.63, 3.8) is 0 Å². The van der Waals surface area contributed by atoms with Crippen molar-refractivity contribution in [3.05, 3.63) is 87.2 Å². The molecule has 5 rings (SSSR count). The number of para-hydroxylation sites is 1. The third-order valence-corrected chi connectivity index (χ3v) is 7.05. The quantitative estimate of drug-likeness (QED) is 0.357. The number of aromatic nitrogens is 5. The first-order valence-corrected chi connectivity index (χ1v) is 12.0. The van der Waals surface area contributed by atoms with Crippen molar-refractivity contribution in [2.24, 2.45) is 0 Å². The van der Waals surface area contributed by atoms with E-state index in [4.69, 9.17) is 16.7 Å². The molecular formula is C22H18N6O4S2. The van der Waals surface area contributed by atoms with Crippen LogP contribution < -0.4 is 10.3 Å². The molecule has 0 radical (unpaired) electrons. The third kappa shape index (κ3) is 3.62. The highest BCUT2D eigenvalue weighted by Gasteiger charge is 2.20. The minimum absolute atomic E-state index is 0.00868. The number of H-pyrrole nitrogens is 1. The molecule has 34 heavy (non-hydrogen) atoms. The lowest BCUT2D eigenvalue weighted by Crippen LogP contribution is -2.20. The van der Waals surface area contributed by atoms with Crippen LogP contribution in [0.25, 0.3) is 22.4 Å². The topological polar surface area (TPSA) is 128 Å². The smallest absolute Gasteiger partial charge is 0.270 e. The zero-order chi connectivity index (χ0) is 24.0. The summed E-state index contributed by atoms with van der Waals surface area (Å²) in [5.74, 6) is 0.0566. The standard InChI is InChI=1S/C22H18N6O4S2/c1-13-14(2)25-32-20(13)26-34(30,31)17-10-8-15(9-11-17)27-21(29)18-12-23-28(19(18)24-22(27)33)16-6-4-3-5-7-16/h3-12,26H,1-2H3,(H,24,33). The fraction of sp³-hybridized carbons (Fsp3) is 0.0909. The number of anilines is 1. The first-order chi connectivity index (χ1) is 16.3. The molecule has 0 atom stereocenters. The van der Waals surface area contributed by atoms with E-state index in [1.807, 2.05) is 30.3 Å². The summed E-state index contributed by atoms with van der Waals surface area (Å²) in [5, 5.41) is 8.41. The Balaban J connectivity index is 1.53. The number of fused-ring (bicyclic) bond motifs is 1. The van der Waals surface area contributed by atoms with Crippen LogP contribution in [0.4, 0.5) is 5.88 Å². The van der Waals surface area contributed by atoms with E-state index in [1.54, 1.807) is 18.5 Å². The minimum atomic E-state index is -3.92. The summed E-state index contributed by atoms with van der Waals surface area (Å²) >= 11 is 5.45. The van der Waals surface area contributed by atoms with Gasteiger partial charge in [0.2, 0.25) is 5.88 Å². The van der Waals surface area contributed by atoms with Gasteiger partial charge in [-0.05, 0) is 62.5 Å². The van der Waals surface area contributed by atoms with E-state index in [-0.39, 0.29) is 21.1 Å². The minimum Gasteiger partial charge on any atom is -0.337 e. The Labute approximate surface area is 198 Å². The van der Waals surface area contributed by atoms with Gasteiger partial charge >= 0.3 is 0 Å². The second-order valence-electron chi connectivity index (χ2n) is 7.55. The zero-order valence-corrected chi connectivity index (χ0v) is 19.6. The molecule has 12 heteroatoms. The lowest BCUT2D eigenvalue weighted by atomic mass is 10.3. The molecule has 0 unspecified atom stereocenters. The molecule has 3 aromatic heterocycles. The van der Waals surface area contributed by atoms with Gasteiger partial charge < -0.3 is 9.51 Å². The van der Waals surface area contributed by atoms with Crippen LogP contribution in [-0.2, 0) is 10.0 Å². The molecule has 0 bridgehead atoms. The maximum absolute atomic E-state index is 13.2. The Kier molecular flexibility index (Phi) is 5.18. The van der Waals surface area contributed by atoms with Gasteiger partial charge in [-0.3, -0.25) is 9.36 Å². The normalized spacial score (nSPS) is 11.7. The number of rotatable bonds is 5. The summed E-state index contributed by atoms with van der Waals surface area (Å²) in [5.41, 5.74) is 2.47. The SMILES string of the molecule is Cc1noc(NS(=O)(=O)c2ccc(-n3c(=S)[nH]c4c(cnn4-c4ccccc4)c3=O)cc2)c1C. The first-order valence-electron chi connectivity index (χ1n) is 10.1. The van der Waals surface area contributed by atoms with Crippen LogP contribution in [0, 0.1) is 18.6 Å². The van der Waals surface area contributed by atoms with E-state index >= 15 is 0 Å². The molecule has 2 N–H and O–H groups in total. The van der Waals surface area contributed by atoms with Crippen LogP contribution in [0.2, 0.25) is 0 Å². The summed E-state index contributed by atoms with van der Waals surface area (Å²) in [6.07, 6.45) is 1.47. The Hall–Kier alpha value is -4.03. The number of benzene rings is 2. The number of aromatic amines is 1. The predicted molar refractivity (Wildman–Crippen MR) is 129 cm³/mol. The fourth-order valence-electron chi connectivity index (χ4n) is 3.46. The largest absolute Gasteiger partial charge is 0.337 e. The van der Waals surface area contributed by atoms with E-state index in [9.17, 15) is 13.2 Å². The maximum atomic E-state index is 13.2. The molecule has 5 aromatic rings. The number of aryl methyl sites for hydroxylation is 1. The Morgan fingerprint density at radius 1 is 1.03 bits per heavy atom. The molecule has 0 aliphatic carbocycles. The highest BCUT2D eigenvalue weighted by molar-refractivity contribution is 7.92. The summed E-state index contributed by atoms with van der Waals surface area (Å²) in [6.45, 7) is 3.42. The highest BCUT2D eigenvalue weighted by atomic mass is 32.2. The molecule has 10 nitrogen and oxygen atoms in total. The molecule has 0 aliphatic rings. The lowest BCUT2D eigenvalue weighted by Gasteiger charge is -2.10. The van der Waals surface area contributed by atoms with Crippen LogP contribution in [-0.4, -0.2) is 32.9 Å². The van der Waals surface area contributed by atoms with Crippen molar-refractivity contribution in [2.75, 3.05) is 4.72 Å². The number of hydrogen-bond donors (Lipinski definition) is 2. The molecule has 3 heterocycles. The molecule has 0 fully saturated rings. The van der Waals surface area contributed by atoms with Gasteiger partial charge in [0.25, 0.3) is 15.6 Å². The van der Waals surface area contributed by atoms with Gasteiger partial charge in [0.1, 0.15) is 11.0 Å². The molecular weight excluding hydrogens is 476 g/mol. The van der Waals surface area contributed by atoms with Crippen LogP contribution >= 0.6 is 12.2 Å². The van der Waals surface area contributed by atoms with Crippen molar-refractivity contribution >= 4 is 39.2 Å². The second-order valence-corrected chi connectivity index (χ2v) is 9.62. The van der Waals surface area contributed by atoms with Gasteiger partial charge in [-0.25, -0.2) is 17.8 Å². The molecule has 2 aromatic carbocycles. The van der Waals surface area contributed by atoms with Crippen LogP contribution in [0.1, 0.15) is 11.3 Å². The molecule has 172 valence electrons. The number of hydrogen-bond acceptors (Lipinski definition) is 7. The highest BCUT2D eigenvalue weighted by Crippen LogP contribution is 2.22. The zero-order valence-electron chi connectivity index (χ0n) is 18.0. The average Bonchev–Trinajstić information content (AvgIpc) is 3.38. The van der Waals surface area contributed by atoms with E-state index in [2.05, 4.69) is 20.0 Å². The Morgan fingerprint density at radius 3 is 2.38 bits per heavy atom. The summed E-state index contributed by atoms with van der Waals surface area (Å²) < 4.78 is 36.0. The van der Waals surface area contributed by atoms with Crippen LogP contribution in [0.3, 0.4) is 0 Å². The summed E-state index contributed by atoms with van der Waals surface area (Å²) in [6, 6.07) is 15.1. The van der Waals surface area contributed by atoms with Gasteiger partial charge in [-0.1, -0.05) is 23.4 Å². The fourth-order valence-corrected chi connectivity index (χ4v) is 4.79. The van der Waals surface area contributed by atoms with Gasteiger partial charge in [0.05, 0.1) is 28.2 Å². The van der Waals surface area contributed by atoms with E-state index in [0.717, 1.165) is 5.69 Å². The van der Waals surface area contributed by atoms with Gasteiger partial charge in [0.15, 0.2) is 4.77 Å². The summed E-state index contributed by atoms with van der Waals surface area (Å²) in [7, 11) is -3.92. The number of sulfonamides is 1. The van der Waals surface area contributed by atoms with Crippen LogP contribution in [0.5, 0.6) is 0 Å². The average molecular weight is 495 g/mol. The van der Waals surface area contributed by atoms with Gasteiger partial charge in [-0.15, -0.1) is 0 Å². The maximum Gasteiger partial charge on any atom is 0.270 e. The van der Waals surface area contributed by atoms with E-state index < -0.39 is 10.0 Å². The molecule has 0 saturated carbocycles. The number of nitrogens with zero attached hydrogens (tertiary/aromatic N) is 4. The Morgan fingerprint density at radius 2 is 1.74 bits per heavy atom. The molecule has 0 spiro atoms. The monoisotopic (exact) mass is 494 g/mol.